The Morgan fingerprint density at radius 2 is 2.30 bits per heavy atom. The molecule has 2 N–H and O–H groups in total. The fraction of sp³-hybridized carbons (Fsp3) is 0.529. The Morgan fingerprint density at radius 1 is 1.43 bits per heavy atom. The van der Waals surface area contributed by atoms with Crippen molar-refractivity contribution in [3.8, 4) is 0 Å². The molecule has 0 amide bonds. The summed E-state index contributed by atoms with van der Waals surface area (Å²) in [6.45, 7) is 6.91. The topological polar surface area (TPSA) is 54.2 Å². The van der Waals surface area contributed by atoms with Gasteiger partial charge in [-0.3, -0.25) is 9.67 Å². The molecule has 0 saturated carbocycles. The Hall–Kier alpha value is -1.82. The van der Waals surface area contributed by atoms with Crippen molar-refractivity contribution in [1.82, 2.24) is 20.4 Å². The summed E-state index contributed by atoms with van der Waals surface area (Å²) in [5, 5.41) is 13.0. The van der Waals surface area contributed by atoms with Crippen LogP contribution in [0, 0.1) is 5.92 Å². The monoisotopic (exact) mass is 333 g/mol. The van der Waals surface area contributed by atoms with Crippen LogP contribution in [0.4, 0.5) is 0 Å². The van der Waals surface area contributed by atoms with Gasteiger partial charge in [-0.05, 0) is 42.7 Å². The van der Waals surface area contributed by atoms with E-state index in [2.05, 4.69) is 53.3 Å². The van der Waals surface area contributed by atoms with Crippen LogP contribution in [-0.2, 0) is 19.9 Å². The molecule has 0 saturated heterocycles. The van der Waals surface area contributed by atoms with Crippen LogP contribution < -0.4 is 10.6 Å². The first-order chi connectivity index (χ1) is 11.2. The van der Waals surface area contributed by atoms with Gasteiger partial charge in [-0.2, -0.15) is 5.10 Å². The number of rotatable bonds is 8. The predicted molar refractivity (Wildman–Crippen MR) is 98.1 cm³/mol. The number of hydrogen-bond acceptors (Lipinski definition) is 3. The van der Waals surface area contributed by atoms with Crippen molar-refractivity contribution in [2.75, 3.05) is 19.6 Å². The molecule has 0 aliphatic carbocycles. The van der Waals surface area contributed by atoms with Crippen molar-refractivity contribution >= 4 is 17.3 Å². The molecule has 2 aromatic heterocycles. The second kappa shape index (κ2) is 9.35. The first kappa shape index (κ1) is 17.5. The minimum Gasteiger partial charge on any atom is -0.357 e. The van der Waals surface area contributed by atoms with Crippen LogP contribution >= 0.6 is 11.3 Å². The van der Waals surface area contributed by atoms with Gasteiger partial charge in [0, 0.05) is 37.8 Å². The van der Waals surface area contributed by atoms with E-state index in [0.717, 1.165) is 38.4 Å². The lowest BCUT2D eigenvalue weighted by atomic mass is 10.1. The Kier molecular flexibility index (Phi) is 7.13. The van der Waals surface area contributed by atoms with Crippen molar-refractivity contribution in [2.45, 2.75) is 26.7 Å². The van der Waals surface area contributed by atoms with Gasteiger partial charge in [-0.15, -0.1) is 11.3 Å². The largest absolute Gasteiger partial charge is 0.357 e. The van der Waals surface area contributed by atoms with Gasteiger partial charge in [0.1, 0.15) is 0 Å². The third-order valence-electron chi connectivity index (χ3n) is 3.50. The number of guanidine groups is 1. The van der Waals surface area contributed by atoms with Gasteiger partial charge < -0.3 is 10.6 Å². The Morgan fingerprint density at radius 3 is 2.96 bits per heavy atom. The van der Waals surface area contributed by atoms with Crippen LogP contribution in [-0.4, -0.2) is 35.4 Å². The molecule has 23 heavy (non-hydrogen) atoms. The molecule has 0 aliphatic heterocycles. The van der Waals surface area contributed by atoms with Crippen molar-refractivity contribution in [2.24, 2.45) is 18.0 Å². The first-order valence-electron chi connectivity index (χ1n) is 8.19. The SMILES string of the molecule is CCNC(=NCC(C)Cc1cccs1)NCCc1cnn(C)c1. The summed E-state index contributed by atoms with van der Waals surface area (Å²) in [5.41, 5.74) is 1.24. The number of aryl methyl sites for hydroxylation is 1. The Balaban J connectivity index is 1.76. The van der Waals surface area contributed by atoms with Gasteiger partial charge in [0.05, 0.1) is 6.20 Å². The molecule has 1 atom stereocenters. The summed E-state index contributed by atoms with van der Waals surface area (Å²) >= 11 is 1.82. The highest BCUT2D eigenvalue weighted by atomic mass is 32.1. The second-order valence-electron chi connectivity index (χ2n) is 5.81. The summed E-state index contributed by atoms with van der Waals surface area (Å²) in [5.74, 6) is 1.44. The molecule has 0 fully saturated rings. The lowest BCUT2D eigenvalue weighted by molar-refractivity contribution is 0.595. The van der Waals surface area contributed by atoms with Gasteiger partial charge >= 0.3 is 0 Å². The zero-order chi connectivity index (χ0) is 16.5. The number of nitrogens with one attached hydrogen (secondary N) is 2. The van der Waals surface area contributed by atoms with E-state index in [1.165, 1.54) is 10.4 Å². The molecule has 0 aliphatic rings. The van der Waals surface area contributed by atoms with Crippen molar-refractivity contribution in [1.29, 1.82) is 0 Å². The normalized spacial score (nSPS) is 13.1. The molecule has 2 aromatic rings. The van der Waals surface area contributed by atoms with Crippen LogP contribution in [0.2, 0.25) is 0 Å². The number of nitrogens with zero attached hydrogens (tertiary/aromatic N) is 3. The fourth-order valence-electron chi connectivity index (χ4n) is 2.35. The third-order valence-corrected chi connectivity index (χ3v) is 4.40. The van der Waals surface area contributed by atoms with Crippen LogP contribution in [0.5, 0.6) is 0 Å². The zero-order valence-corrected chi connectivity index (χ0v) is 15.1. The van der Waals surface area contributed by atoms with Crippen LogP contribution in [0.3, 0.4) is 0 Å². The molecule has 2 rings (SSSR count). The van der Waals surface area contributed by atoms with E-state index in [9.17, 15) is 0 Å². The Labute approximate surface area is 142 Å². The highest BCUT2D eigenvalue weighted by molar-refractivity contribution is 7.09. The summed E-state index contributed by atoms with van der Waals surface area (Å²) in [7, 11) is 1.94. The zero-order valence-electron chi connectivity index (χ0n) is 14.2. The summed E-state index contributed by atoms with van der Waals surface area (Å²) < 4.78 is 1.83. The van der Waals surface area contributed by atoms with E-state index in [0.29, 0.717) is 5.92 Å². The highest BCUT2D eigenvalue weighted by Crippen LogP contribution is 2.14. The molecule has 0 radical (unpaired) electrons. The Bertz CT molecular complexity index is 588. The van der Waals surface area contributed by atoms with E-state index in [1.807, 2.05) is 29.3 Å². The summed E-state index contributed by atoms with van der Waals surface area (Å²) in [4.78, 5) is 6.14. The van der Waals surface area contributed by atoms with Gasteiger partial charge in [-0.1, -0.05) is 13.0 Å². The van der Waals surface area contributed by atoms with Crippen LogP contribution in [0.25, 0.3) is 0 Å². The number of thiophene rings is 1. The van der Waals surface area contributed by atoms with E-state index in [-0.39, 0.29) is 0 Å². The van der Waals surface area contributed by atoms with E-state index in [4.69, 9.17) is 4.99 Å². The summed E-state index contributed by atoms with van der Waals surface area (Å²) in [6.07, 6.45) is 6.00. The van der Waals surface area contributed by atoms with Crippen molar-refractivity contribution < 1.29 is 0 Å². The number of aliphatic imine (C=N–C) groups is 1. The second-order valence-corrected chi connectivity index (χ2v) is 6.84. The van der Waals surface area contributed by atoms with E-state index < -0.39 is 0 Å². The number of hydrogen-bond donors (Lipinski definition) is 2. The first-order valence-corrected chi connectivity index (χ1v) is 9.07. The minimum atomic E-state index is 0.544. The lowest BCUT2D eigenvalue weighted by Gasteiger charge is -2.13. The molecule has 0 bridgehead atoms. The van der Waals surface area contributed by atoms with Gasteiger partial charge in [0.2, 0.25) is 0 Å². The smallest absolute Gasteiger partial charge is 0.191 e. The van der Waals surface area contributed by atoms with Gasteiger partial charge in [0.15, 0.2) is 5.96 Å². The quantitative estimate of drug-likeness (QED) is 0.576. The molecule has 6 heteroatoms. The predicted octanol–water partition coefficient (Wildman–Crippen LogP) is 2.46. The maximum Gasteiger partial charge on any atom is 0.191 e. The standard InChI is InChI=1S/C17H27N5S/c1-4-18-17(19-8-7-15-12-21-22(3)13-15)20-11-14(2)10-16-6-5-9-23-16/h5-6,9,12-14H,4,7-8,10-11H2,1-3H3,(H2,18,19,20). The lowest BCUT2D eigenvalue weighted by Crippen LogP contribution is -2.38. The molecular formula is C17H27N5S. The van der Waals surface area contributed by atoms with E-state index >= 15 is 0 Å². The summed E-state index contributed by atoms with van der Waals surface area (Å²) in [6, 6.07) is 4.31. The minimum absolute atomic E-state index is 0.544. The third kappa shape index (κ3) is 6.44. The van der Waals surface area contributed by atoms with Crippen LogP contribution in [0.15, 0.2) is 34.9 Å². The van der Waals surface area contributed by atoms with Crippen molar-refractivity contribution in [3.05, 3.63) is 40.3 Å². The maximum absolute atomic E-state index is 4.71. The molecular weight excluding hydrogens is 306 g/mol. The highest BCUT2D eigenvalue weighted by Gasteiger charge is 2.05. The average Bonchev–Trinajstić information content (AvgIpc) is 3.16. The fourth-order valence-corrected chi connectivity index (χ4v) is 3.22. The number of aromatic nitrogens is 2. The molecule has 0 spiro atoms. The molecule has 2 heterocycles. The average molecular weight is 334 g/mol. The van der Waals surface area contributed by atoms with Crippen molar-refractivity contribution in [3.63, 3.8) is 0 Å². The molecule has 126 valence electrons. The van der Waals surface area contributed by atoms with Crippen LogP contribution in [0.1, 0.15) is 24.3 Å². The maximum atomic E-state index is 4.71. The van der Waals surface area contributed by atoms with Gasteiger partial charge in [0.25, 0.3) is 0 Å². The molecule has 5 nitrogen and oxygen atoms in total. The molecule has 0 aromatic carbocycles. The van der Waals surface area contributed by atoms with E-state index in [1.54, 1.807) is 0 Å². The molecule has 1 unspecified atom stereocenters. The van der Waals surface area contributed by atoms with Gasteiger partial charge in [-0.25, -0.2) is 0 Å².